The van der Waals surface area contributed by atoms with Crippen molar-refractivity contribution in [2.75, 3.05) is 11.4 Å². The molecule has 2 atom stereocenters. The van der Waals surface area contributed by atoms with Crippen LogP contribution >= 0.6 is 0 Å². The lowest BCUT2D eigenvalue weighted by Crippen LogP contribution is -2.44. The Labute approximate surface area is 113 Å². The molecule has 4 heteroatoms. The van der Waals surface area contributed by atoms with E-state index in [1.54, 1.807) is 4.90 Å². The molecule has 0 fully saturated rings. The van der Waals surface area contributed by atoms with E-state index < -0.39 is 11.9 Å². The highest BCUT2D eigenvalue weighted by Crippen LogP contribution is 2.31. The first-order valence-corrected chi connectivity index (χ1v) is 6.66. The highest BCUT2D eigenvalue weighted by molar-refractivity contribution is 5.97. The molecule has 0 saturated heterocycles. The number of carbonyl (C=O) groups excluding carboxylic acids is 1. The van der Waals surface area contributed by atoms with Crippen molar-refractivity contribution in [3.63, 3.8) is 0 Å². The largest absolute Gasteiger partial charge is 0.481 e. The standard InChI is InChI=1S/C15H19NO3/c1-3-10(2)14(17)16-9-12(15(18)19)8-11-6-4-5-7-13(11)16/h4-7,10,12H,3,8-9H2,1-2H3,(H,18,19). The third-order valence-electron chi connectivity index (χ3n) is 3.80. The van der Waals surface area contributed by atoms with Crippen molar-refractivity contribution in [2.45, 2.75) is 26.7 Å². The second-order valence-corrected chi connectivity index (χ2v) is 5.13. The van der Waals surface area contributed by atoms with Crippen molar-refractivity contribution in [3.05, 3.63) is 29.8 Å². The van der Waals surface area contributed by atoms with Crippen molar-refractivity contribution in [2.24, 2.45) is 11.8 Å². The first kappa shape index (κ1) is 13.6. The van der Waals surface area contributed by atoms with E-state index in [1.807, 2.05) is 38.1 Å². The summed E-state index contributed by atoms with van der Waals surface area (Å²) in [5, 5.41) is 9.22. The number of aliphatic carboxylic acids is 1. The SMILES string of the molecule is CCC(C)C(=O)N1CC(C(=O)O)Cc2ccccc21. The van der Waals surface area contributed by atoms with Crippen LogP contribution in [0.1, 0.15) is 25.8 Å². The van der Waals surface area contributed by atoms with Gasteiger partial charge in [0, 0.05) is 18.2 Å². The lowest BCUT2D eigenvalue weighted by molar-refractivity contribution is -0.141. The number of carboxylic acids is 1. The third kappa shape index (κ3) is 2.62. The molecule has 102 valence electrons. The average Bonchev–Trinajstić information content (AvgIpc) is 2.44. The van der Waals surface area contributed by atoms with E-state index in [9.17, 15) is 14.7 Å². The first-order chi connectivity index (χ1) is 9.04. The van der Waals surface area contributed by atoms with Crippen LogP contribution in [0.2, 0.25) is 0 Å². The lowest BCUT2D eigenvalue weighted by atomic mass is 9.91. The average molecular weight is 261 g/mol. The zero-order valence-electron chi connectivity index (χ0n) is 11.3. The van der Waals surface area contributed by atoms with Gasteiger partial charge in [0.15, 0.2) is 0 Å². The maximum atomic E-state index is 12.4. The Morgan fingerprint density at radius 3 is 2.74 bits per heavy atom. The van der Waals surface area contributed by atoms with Crippen molar-refractivity contribution in [1.29, 1.82) is 0 Å². The van der Waals surface area contributed by atoms with Crippen LogP contribution < -0.4 is 4.90 Å². The molecule has 19 heavy (non-hydrogen) atoms. The summed E-state index contributed by atoms with van der Waals surface area (Å²) in [5.74, 6) is -1.42. The van der Waals surface area contributed by atoms with Gasteiger partial charge in [-0.05, 0) is 24.5 Å². The van der Waals surface area contributed by atoms with Gasteiger partial charge in [-0.25, -0.2) is 0 Å². The molecule has 0 aliphatic carbocycles. The highest BCUT2D eigenvalue weighted by atomic mass is 16.4. The van der Waals surface area contributed by atoms with Crippen molar-refractivity contribution in [3.8, 4) is 0 Å². The van der Waals surface area contributed by atoms with Crippen LogP contribution in [0, 0.1) is 11.8 Å². The van der Waals surface area contributed by atoms with Crippen molar-refractivity contribution >= 4 is 17.6 Å². The quantitative estimate of drug-likeness (QED) is 0.908. The molecule has 0 saturated carbocycles. The second-order valence-electron chi connectivity index (χ2n) is 5.13. The molecule has 4 nitrogen and oxygen atoms in total. The summed E-state index contributed by atoms with van der Waals surface area (Å²) < 4.78 is 0. The van der Waals surface area contributed by atoms with Crippen LogP contribution in [0.15, 0.2) is 24.3 Å². The number of carboxylic acid groups (broad SMARTS) is 1. The zero-order valence-corrected chi connectivity index (χ0v) is 11.3. The van der Waals surface area contributed by atoms with Gasteiger partial charge in [0.25, 0.3) is 0 Å². The van der Waals surface area contributed by atoms with Crippen LogP contribution in [-0.4, -0.2) is 23.5 Å². The van der Waals surface area contributed by atoms with E-state index in [-0.39, 0.29) is 18.4 Å². The second kappa shape index (κ2) is 5.43. The number of para-hydroxylation sites is 1. The van der Waals surface area contributed by atoms with E-state index in [0.717, 1.165) is 17.7 Å². The molecule has 1 aliphatic heterocycles. The van der Waals surface area contributed by atoms with Gasteiger partial charge in [0.1, 0.15) is 0 Å². The molecule has 2 rings (SSSR count). The van der Waals surface area contributed by atoms with E-state index in [0.29, 0.717) is 6.42 Å². The van der Waals surface area contributed by atoms with Crippen molar-refractivity contribution in [1.82, 2.24) is 0 Å². The number of fused-ring (bicyclic) bond motifs is 1. The number of nitrogens with zero attached hydrogens (tertiary/aromatic N) is 1. The van der Waals surface area contributed by atoms with E-state index in [2.05, 4.69) is 0 Å². The normalized spacial score (nSPS) is 19.7. The lowest BCUT2D eigenvalue weighted by Gasteiger charge is -2.34. The summed E-state index contributed by atoms with van der Waals surface area (Å²) in [7, 11) is 0. The number of anilines is 1. The summed E-state index contributed by atoms with van der Waals surface area (Å²) >= 11 is 0. The predicted octanol–water partition coefficient (Wildman–Crippen LogP) is 2.32. The molecule has 1 heterocycles. The Hall–Kier alpha value is -1.84. The zero-order chi connectivity index (χ0) is 14.0. The van der Waals surface area contributed by atoms with Gasteiger partial charge in [-0.2, -0.15) is 0 Å². The molecule has 1 aromatic carbocycles. The van der Waals surface area contributed by atoms with Crippen LogP contribution in [0.4, 0.5) is 5.69 Å². The minimum atomic E-state index is -0.837. The molecule has 0 radical (unpaired) electrons. The predicted molar refractivity (Wildman–Crippen MR) is 73.1 cm³/mol. The van der Waals surface area contributed by atoms with Gasteiger partial charge < -0.3 is 10.0 Å². The van der Waals surface area contributed by atoms with Gasteiger partial charge in [-0.1, -0.05) is 32.0 Å². The number of carbonyl (C=O) groups is 2. The minimum absolute atomic E-state index is 0.0147. The van der Waals surface area contributed by atoms with Crippen LogP contribution in [0.5, 0.6) is 0 Å². The van der Waals surface area contributed by atoms with Gasteiger partial charge in [0.05, 0.1) is 5.92 Å². The molecule has 1 amide bonds. The Balaban J connectivity index is 2.36. The summed E-state index contributed by atoms with van der Waals surface area (Å²) in [6.07, 6.45) is 1.25. The maximum absolute atomic E-state index is 12.4. The van der Waals surface area contributed by atoms with Gasteiger partial charge in [-0.15, -0.1) is 0 Å². The molecule has 1 aliphatic rings. The van der Waals surface area contributed by atoms with Crippen LogP contribution in [-0.2, 0) is 16.0 Å². The molecule has 0 aromatic heterocycles. The Bertz CT molecular complexity index is 498. The van der Waals surface area contributed by atoms with E-state index in [1.165, 1.54) is 0 Å². The molecule has 0 spiro atoms. The fourth-order valence-corrected chi connectivity index (χ4v) is 2.41. The summed E-state index contributed by atoms with van der Waals surface area (Å²) in [6, 6.07) is 7.57. The molecular formula is C15H19NO3. The van der Waals surface area contributed by atoms with Gasteiger partial charge in [0.2, 0.25) is 5.91 Å². The van der Waals surface area contributed by atoms with Gasteiger partial charge >= 0.3 is 5.97 Å². The maximum Gasteiger partial charge on any atom is 0.308 e. The number of rotatable bonds is 3. The summed E-state index contributed by atoms with van der Waals surface area (Å²) in [4.78, 5) is 25.3. The Morgan fingerprint density at radius 2 is 2.11 bits per heavy atom. The summed E-state index contributed by atoms with van der Waals surface area (Å²) in [6.45, 7) is 4.12. The first-order valence-electron chi connectivity index (χ1n) is 6.66. The fourth-order valence-electron chi connectivity index (χ4n) is 2.41. The smallest absolute Gasteiger partial charge is 0.308 e. The van der Waals surface area contributed by atoms with Crippen LogP contribution in [0.25, 0.3) is 0 Å². The molecule has 1 N–H and O–H groups in total. The molecule has 1 aromatic rings. The Kier molecular flexibility index (Phi) is 3.88. The number of benzene rings is 1. The topological polar surface area (TPSA) is 57.6 Å². The highest BCUT2D eigenvalue weighted by Gasteiger charge is 2.33. The number of hydrogen-bond acceptors (Lipinski definition) is 2. The molecule has 2 unspecified atom stereocenters. The number of hydrogen-bond donors (Lipinski definition) is 1. The molecule has 0 bridgehead atoms. The fraction of sp³-hybridized carbons (Fsp3) is 0.467. The molecular weight excluding hydrogens is 242 g/mol. The minimum Gasteiger partial charge on any atom is -0.481 e. The van der Waals surface area contributed by atoms with E-state index in [4.69, 9.17) is 0 Å². The monoisotopic (exact) mass is 261 g/mol. The third-order valence-corrected chi connectivity index (χ3v) is 3.80. The van der Waals surface area contributed by atoms with Gasteiger partial charge in [-0.3, -0.25) is 9.59 Å². The van der Waals surface area contributed by atoms with E-state index >= 15 is 0 Å². The Morgan fingerprint density at radius 1 is 1.42 bits per heavy atom. The summed E-state index contributed by atoms with van der Waals surface area (Å²) in [5.41, 5.74) is 1.81. The van der Waals surface area contributed by atoms with Crippen molar-refractivity contribution < 1.29 is 14.7 Å². The number of amides is 1. The van der Waals surface area contributed by atoms with Crippen LogP contribution in [0.3, 0.4) is 0 Å².